The molecule has 4 rings (SSSR count). The van der Waals surface area contributed by atoms with Crippen molar-refractivity contribution < 1.29 is 19.1 Å². The highest BCUT2D eigenvalue weighted by molar-refractivity contribution is 6.22. The summed E-state index contributed by atoms with van der Waals surface area (Å²) in [7, 11) is 0. The zero-order valence-corrected chi connectivity index (χ0v) is 15.6. The Balaban J connectivity index is 1.41. The van der Waals surface area contributed by atoms with E-state index in [0.29, 0.717) is 29.8 Å². The molecule has 2 aliphatic rings. The van der Waals surface area contributed by atoms with Crippen molar-refractivity contribution in [1.29, 1.82) is 0 Å². The van der Waals surface area contributed by atoms with Crippen molar-refractivity contribution in [2.45, 2.75) is 19.8 Å². The van der Waals surface area contributed by atoms with Gasteiger partial charge in [-0.15, -0.1) is 0 Å². The van der Waals surface area contributed by atoms with E-state index in [4.69, 9.17) is 4.74 Å². The van der Waals surface area contributed by atoms with Crippen molar-refractivity contribution in [3.63, 3.8) is 0 Å². The number of carbonyl (C=O) groups is 3. The molecule has 0 saturated carbocycles. The van der Waals surface area contributed by atoms with Crippen LogP contribution >= 0.6 is 0 Å². The summed E-state index contributed by atoms with van der Waals surface area (Å²) in [5.74, 6) is -0.362. The van der Waals surface area contributed by atoms with E-state index in [1.807, 2.05) is 31.2 Å². The van der Waals surface area contributed by atoms with Crippen LogP contribution in [0.1, 0.15) is 28.8 Å². The average Bonchev–Trinajstić information content (AvgIpc) is 2.98. The van der Waals surface area contributed by atoms with Crippen molar-refractivity contribution >= 4 is 23.3 Å². The number of hydrogen-bond donors (Lipinski definition) is 0. The maximum Gasteiger partial charge on any atom is 0.238 e. The third-order valence-electron chi connectivity index (χ3n) is 5.35. The van der Waals surface area contributed by atoms with Gasteiger partial charge in [-0.25, -0.2) is 0 Å². The number of Topliss-reactive ketones (excluding diaryl/α,β-unsaturated/α-hetero) is 1. The summed E-state index contributed by atoms with van der Waals surface area (Å²) >= 11 is 0. The van der Waals surface area contributed by atoms with E-state index in [-0.39, 0.29) is 36.0 Å². The topological polar surface area (TPSA) is 63.7 Å². The lowest BCUT2D eigenvalue weighted by Crippen LogP contribution is -2.30. The van der Waals surface area contributed by atoms with Crippen molar-refractivity contribution in [3.05, 3.63) is 71.8 Å². The van der Waals surface area contributed by atoms with Crippen LogP contribution in [0.4, 0.5) is 5.69 Å². The Labute approximate surface area is 163 Å². The minimum absolute atomic E-state index is 0.0696. The van der Waals surface area contributed by atoms with Crippen LogP contribution in [-0.2, 0) is 9.59 Å². The van der Waals surface area contributed by atoms with Gasteiger partial charge in [0, 0.05) is 5.56 Å². The number of allylic oxidation sites excluding steroid dienone is 2. The van der Waals surface area contributed by atoms with Gasteiger partial charge in [-0.2, -0.15) is 0 Å². The molecule has 142 valence electrons. The highest BCUT2D eigenvalue weighted by Gasteiger charge is 2.47. The van der Waals surface area contributed by atoms with Gasteiger partial charge >= 0.3 is 0 Å². The smallest absolute Gasteiger partial charge is 0.238 e. The lowest BCUT2D eigenvalue weighted by atomic mass is 9.85. The van der Waals surface area contributed by atoms with E-state index in [1.165, 1.54) is 4.90 Å². The molecule has 2 aromatic rings. The highest BCUT2D eigenvalue weighted by atomic mass is 16.5. The quantitative estimate of drug-likeness (QED) is 0.454. The third-order valence-corrected chi connectivity index (χ3v) is 5.35. The van der Waals surface area contributed by atoms with Crippen LogP contribution in [-0.4, -0.2) is 24.2 Å². The number of nitrogens with zero attached hydrogens (tertiary/aromatic N) is 1. The molecular formula is C23H21NO4. The number of ketones is 1. The standard InChI is InChI=1S/C23H21NO4/c1-15-6-8-16(9-7-15)21(25)14-28-18-12-10-17(11-13-18)24-22(26)19-4-2-3-5-20(19)23(24)27/h2-3,6-13,19-20H,4-5,14H2,1H3/t19-,20-/m1/s1. The molecule has 1 heterocycles. The summed E-state index contributed by atoms with van der Waals surface area (Å²) in [5.41, 5.74) is 2.24. The van der Waals surface area contributed by atoms with Gasteiger partial charge in [0.25, 0.3) is 0 Å². The van der Waals surface area contributed by atoms with E-state index in [2.05, 4.69) is 0 Å². The molecule has 2 amide bonds. The fourth-order valence-electron chi connectivity index (χ4n) is 3.72. The van der Waals surface area contributed by atoms with E-state index in [9.17, 15) is 14.4 Å². The number of amides is 2. The number of imide groups is 1. The summed E-state index contributed by atoms with van der Waals surface area (Å²) in [4.78, 5) is 38.7. The highest BCUT2D eigenvalue weighted by Crippen LogP contribution is 2.37. The van der Waals surface area contributed by atoms with Gasteiger partial charge in [-0.05, 0) is 44.0 Å². The zero-order valence-electron chi connectivity index (χ0n) is 15.6. The monoisotopic (exact) mass is 375 g/mol. The van der Waals surface area contributed by atoms with Gasteiger partial charge in [-0.3, -0.25) is 19.3 Å². The van der Waals surface area contributed by atoms with Crippen LogP contribution in [0.3, 0.4) is 0 Å². The van der Waals surface area contributed by atoms with Crippen LogP contribution in [0.5, 0.6) is 5.75 Å². The molecule has 5 heteroatoms. The Hall–Kier alpha value is -3.21. The second-order valence-electron chi connectivity index (χ2n) is 7.24. The van der Waals surface area contributed by atoms with Crippen LogP contribution < -0.4 is 9.64 Å². The van der Waals surface area contributed by atoms with Crippen LogP contribution in [0.25, 0.3) is 0 Å². The number of ether oxygens (including phenoxy) is 1. The molecule has 0 aromatic heterocycles. The fraction of sp³-hybridized carbons (Fsp3) is 0.261. The Morgan fingerprint density at radius 1 is 0.929 bits per heavy atom. The molecule has 2 aromatic carbocycles. The number of hydrogen-bond acceptors (Lipinski definition) is 4. The lowest BCUT2D eigenvalue weighted by Gasteiger charge is -2.15. The number of benzene rings is 2. The van der Waals surface area contributed by atoms with Gasteiger partial charge in [0.05, 0.1) is 17.5 Å². The van der Waals surface area contributed by atoms with Crippen LogP contribution in [0.15, 0.2) is 60.7 Å². The summed E-state index contributed by atoms with van der Waals surface area (Å²) in [6.45, 7) is 1.90. The molecule has 1 saturated heterocycles. The predicted molar refractivity (Wildman–Crippen MR) is 105 cm³/mol. The molecular weight excluding hydrogens is 354 g/mol. The summed E-state index contributed by atoms with van der Waals surface area (Å²) in [6, 6.07) is 14.1. The van der Waals surface area contributed by atoms with Crippen molar-refractivity contribution in [3.8, 4) is 5.75 Å². The zero-order chi connectivity index (χ0) is 19.7. The summed E-state index contributed by atoms with van der Waals surface area (Å²) in [5, 5.41) is 0. The molecule has 0 bridgehead atoms. The SMILES string of the molecule is Cc1ccc(C(=O)COc2ccc(N3C(=O)[C@@H]4CC=CC[C@H]4C3=O)cc2)cc1. The minimum Gasteiger partial charge on any atom is -0.485 e. The molecule has 1 aliphatic heterocycles. The first-order valence-electron chi connectivity index (χ1n) is 9.40. The predicted octanol–water partition coefficient (Wildman–Crippen LogP) is 3.71. The first-order chi connectivity index (χ1) is 13.5. The third kappa shape index (κ3) is 3.36. The largest absolute Gasteiger partial charge is 0.485 e. The van der Waals surface area contributed by atoms with Crippen molar-refractivity contribution in [1.82, 2.24) is 0 Å². The molecule has 28 heavy (non-hydrogen) atoms. The van der Waals surface area contributed by atoms with Gasteiger partial charge in [-0.1, -0.05) is 42.0 Å². The van der Waals surface area contributed by atoms with Crippen molar-refractivity contribution in [2.24, 2.45) is 11.8 Å². The number of fused-ring (bicyclic) bond motifs is 1. The van der Waals surface area contributed by atoms with Gasteiger partial charge < -0.3 is 4.74 Å². The molecule has 1 aliphatic carbocycles. The molecule has 2 atom stereocenters. The first kappa shape index (κ1) is 18.2. The van der Waals surface area contributed by atoms with Crippen LogP contribution in [0, 0.1) is 18.8 Å². The van der Waals surface area contributed by atoms with E-state index < -0.39 is 0 Å². The maximum atomic E-state index is 12.6. The first-order valence-corrected chi connectivity index (χ1v) is 9.40. The lowest BCUT2D eigenvalue weighted by molar-refractivity contribution is -0.122. The molecule has 0 unspecified atom stereocenters. The maximum absolute atomic E-state index is 12.6. The van der Waals surface area contributed by atoms with Gasteiger partial charge in [0.2, 0.25) is 11.8 Å². The second kappa shape index (κ2) is 7.43. The number of carbonyl (C=O) groups excluding carboxylic acids is 3. The fourth-order valence-corrected chi connectivity index (χ4v) is 3.72. The van der Waals surface area contributed by atoms with E-state index in [1.54, 1.807) is 36.4 Å². The van der Waals surface area contributed by atoms with Gasteiger partial charge in [0.1, 0.15) is 5.75 Å². The molecule has 0 spiro atoms. The van der Waals surface area contributed by atoms with Crippen LogP contribution in [0.2, 0.25) is 0 Å². The molecule has 5 nitrogen and oxygen atoms in total. The van der Waals surface area contributed by atoms with E-state index >= 15 is 0 Å². The Morgan fingerprint density at radius 3 is 2.07 bits per heavy atom. The molecule has 1 fully saturated rings. The Bertz CT molecular complexity index is 918. The Morgan fingerprint density at radius 2 is 1.50 bits per heavy atom. The average molecular weight is 375 g/mol. The number of anilines is 1. The second-order valence-corrected chi connectivity index (χ2v) is 7.24. The summed E-state index contributed by atoms with van der Waals surface area (Å²) in [6.07, 6.45) is 5.18. The van der Waals surface area contributed by atoms with Crippen molar-refractivity contribution in [2.75, 3.05) is 11.5 Å². The summed E-state index contributed by atoms with van der Waals surface area (Å²) < 4.78 is 5.57. The number of rotatable bonds is 5. The normalized spacial score (nSPS) is 21.0. The van der Waals surface area contributed by atoms with E-state index in [0.717, 1.165) is 5.56 Å². The number of aryl methyl sites for hydroxylation is 1. The molecule has 0 N–H and O–H groups in total. The Kier molecular flexibility index (Phi) is 4.82. The molecule has 0 radical (unpaired) electrons. The van der Waals surface area contributed by atoms with Gasteiger partial charge in [0.15, 0.2) is 12.4 Å². The minimum atomic E-state index is -0.249.